The van der Waals surface area contributed by atoms with E-state index in [1.165, 1.54) is 21.3 Å². The van der Waals surface area contributed by atoms with Crippen molar-refractivity contribution in [2.24, 2.45) is 0 Å². The van der Waals surface area contributed by atoms with Crippen LogP contribution in [-0.2, 0) is 11.4 Å². The maximum Gasteiger partial charge on any atom is 0.236 e. The lowest BCUT2D eigenvalue weighted by molar-refractivity contribution is -0.131. The lowest BCUT2D eigenvalue weighted by Gasteiger charge is -2.26. The van der Waals surface area contributed by atoms with Crippen LogP contribution >= 0.6 is 23.1 Å². The van der Waals surface area contributed by atoms with Crippen molar-refractivity contribution in [1.82, 2.24) is 19.8 Å². The number of carbonyl (C=O) groups excluding carboxylic acids is 1. The zero-order valence-electron chi connectivity index (χ0n) is 16.1. The Balaban J connectivity index is 1.38. The Morgan fingerprint density at radius 2 is 2.14 bits per heavy atom. The molecule has 4 rings (SSSR count). The van der Waals surface area contributed by atoms with Crippen LogP contribution in [0.25, 0.3) is 0 Å². The van der Waals surface area contributed by atoms with E-state index >= 15 is 0 Å². The molecule has 1 aromatic carbocycles. The minimum atomic E-state index is -0.301. The molecule has 2 atom stereocenters. The van der Waals surface area contributed by atoms with E-state index in [0.29, 0.717) is 11.0 Å². The third kappa shape index (κ3) is 4.40. The number of nitrogen functional groups attached to an aromatic ring is 1. The van der Waals surface area contributed by atoms with E-state index in [0.717, 1.165) is 25.1 Å². The number of aromatic nitrogens is 3. The van der Waals surface area contributed by atoms with Gasteiger partial charge in [-0.1, -0.05) is 36.0 Å². The van der Waals surface area contributed by atoms with Gasteiger partial charge >= 0.3 is 0 Å². The Bertz CT molecular complexity index is 945. The number of hydrogen-bond acceptors (Lipinski definition) is 7. The van der Waals surface area contributed by atoms with Crippen molar-refractivity contribution in [3.63, 3.8) is 0 Å². The first-order chi connectivity index (χ1) is 14.1. The fourth-order valence-electron chi connectivity index (χ4n) is 3.40. The molecule has 2 aromatic heterocycles. The third-order valence-electron chi connectivity index (χ3n) is 4.88. The summed E-state index contributed by atoms with van der Waals surface area (Å²) in [5, 5.41) is 10.5. The van der Waals surface area contributed by atoms with Crippen molar-refractivity contribution in [3.05, 3.63) is 58.5 Å². The van der Waals surface area contributed by atoms with E-state index in [4.69, 9.17) is 10.6 Å². The van der Waals surface area contributed by atoms with Gasteiger partial charge in [0.25, 0.3) is 0 Å². The molecule has 0 bridgehead atoms. The van der Waals surface area contributed by atoms with E-state index in [1.807, 2.05) is 48.2 Å². The van der Waals surface area contributed by atoms with Crippen LogP contribution in [0.5, 0.6) is 5.75 Å². The molecule has 2 unspecified atom stereocenters. The van der Waals surface area contributed by atoms with Crippen LogP contribution in [0.15, 0.2) is 53.0 Å². The van der Waals surface area contributed by atoms with Crippen LogP contribution in [0.3, 0.4) is 0 Å². The highest BCUT2D eigenvalue weighted by Crippen LogP contribution is 2.36. The van der Waals surface area contributed by atoms with E-state index < -0.39 is 0 Å². The first-order valence-electron chi connectivity index (χ1n) is 9.51. The number of amides is 1. The molecule has 0 spiro atoms. The molecule has 0 radical (unpaired) electrons. The lowest BCUT2D eigenvalue weighted by Crippen LogP contribution is -2.36. The Kier molecular flexibility index (Phi) is 6.05. The Hall–Kier alpha value is -2.52. The van der Waals surface area contributed by atoms with Crippen LogP contribution in [0, 0.1) is 0 Å². The van der Waals surface area contributed by atoms with Gasteiger partial charge in [-0.2, -0.15) is 0 Å². The summed E-state index contributed by atoms with van der Waals surface area (Å²) >= 11 is 3.03. The second kappa shape index (κ2) is 8.87. The summed E-state index contributed by atoms with van der Waals surface area (Å²) in [5.41, 5.74) is 0. The molecule has 29 heavy (non-hydrogen) atoms. The van der Waals surface area contributed by atoms with Gasteiger partial charge in [-0.15, -0.1) is 21.5 Å². The Labute approximate surface area is 177 Å². The highest BCUT2D eigenvalue weighted by molar-refractivity contribution is 8.00. The first kappa shape index (κ1) is 19.8. The fraction of sp³-hybridized carbons (Fsp3) is 0.350. The maximum absolute atomic E-state index is 13.1. The average Bonchev–Trinajstić information content (AvgIpc) is 3.49. The minimum absolute atomic E-state index is 0.107. The highest BCUT2D eigenvalue weighted by atomic mass is 32.2. The normalized spacial score (nSPS) is 17.4. The van der Waals surface area contributed by atoms with Gasteiger partial charge in [0, 0.05) is 11.4 Å². The van der Waals surface area contributed by atoms with Gasteiger partial charge < -0.3 is 15.5 Å². The molecule has 0 saturated carbocycles. The van der Waals surface area contributed by atoms with Crippen molar-refractivity contribution >= 4 is 29.0 Å². The molecule has 152 valence electrons. The van der Waals surface area contributed by atoms with E-state index in [9.17, 15) is 4.79 Å². The van der Waals surface area contributed by atoms with Crippen LogP contribution in [0.2, 0.25) is 0 Å². The predicted octanol–water partition coefficient (Wildman–Crippen LogP) is 3.48. The molecule has 1 saturated heterocycles. The third-order valence-corrected chi connectivity index (χ3v) is 6.90. The van der Waals surface area contributed by atoms with E-state index in [-0.39, 0.29) is 23.8 Å². The first-order valence-corrected chi connectivity index (χ1v) is 11.3. The van der Waals surface area contributed by atoms with Gasteiger partial charge in [-0.3, -0.25) is 4.79 Å². The number of ether oxygens (including phenoxy) is 1. The molecule has 7 nitrogen and oxygen atoms in total. The van der Waals surface area contributed by atoms with Gasteiger partial charge in [0.1, 0.15) is 12.4 Å². The predicted molar refractivity (Wildman–Crippen MR) is 114 cm³/mol. The zero-order valence-corrected chi connectivity index (χ0v) is 17.7. The fourth-order valence-corrected chi connectivity index (χ4v) is 5.13. The summed E-state index contributed by atoms with van der Waals surface area (Å²) in [6.45, 7) is 2.90. The van der Waals surface area contributed by atoms with Crippen molar-refractivity contribution in [2.45, 2.75) is 42.8 Å². The molecule has 2 N–H and O–H groups in total. The van der Waals surface area contributed by atoms with Crippen LogP contribution in [0.4, 0.5) is 0 Å². The summed E-state index contributed by atoms with van der Waals surface area (Å²) < 4.78 is 7.09. The van der Waals surface area contributed by atoms with Crippen LogP contribution in [0.1, 0.15) is 36.5 Å². The molecule has 3 heterocycles. The van der Waals surface area contributed by atoms with E-state index in [1.54, 1.807) is 11.3 Å². The van der Waals surface area contributed by atoms with Crippen molar-refractivity contribution < 1.29 is 9.53 Å². The number of rotatable bonds is 7. The van der Waals surface area contributed by atoms with Crippen molar-refractivity contribution in [3.8, 4) is 5.75 Å². The second-order valence-electron chi connectivity index (χ2n) is 6.84. The topological polar surface area (TPSA) is 86.3 Å². The molecule has 9 heteroatoms. The SMILES string of the molecule is CC(Sc1nnc(COc2ccccc2)n1N)C(=O)N1CCCC1c1cccs1. The monoisotopic (exact) mass is 429 g/mol. The van der Waals surface area contributed by atoms with Crippen molar-refractivity contribution in [2.75, 3.05) is 12.4 Å². The Morgan fingerprint density at radius 1 is 1.31 bits per heavy atom. The number of thiophene rings is 1. The quantitative estimate of drug-likeness (QED) is 0.457. The molecule has 1 aliphatic heterocycles. The molecule has 1 amide bonds. The molecular weight excluding hydrogens is 406 g/mol. The number of benzene rings is 1. The number of hydrogen-bond donors (Lipinski definition) is 1. The number of nitrogens with zero attached hydrogens (tertiary/aromatic N) is 4. The van der Waals surface area contributed by atoms with Crippen molar-refractivity contribution in [1.29, 1.82) is 0 Å². The van der Waals surface area contributed by atoms with Gasteiger partial charge in [0.05, 0.1) is 11.3 Å². The average molecular weight is 430 g/mol. The maximum atomic E-state index is 13.1. The summed E-state index contributed by atoms with van der Waals surface area (Å²) in [5.74, 6) is 7.49. The van der Waals surface area contributed by atoms with Gasteiger partial charge in [-0.05, 0) is 43.3 Å². The summed E-state index contributed by atoms with van der Waals surface area (Å²) in [6, 6.07) is 13.8. The number of thioether (sulfide) groups is 1. The molecule has 1 aliphatic rings. The minimum Gasteiger partial charge on any atom is -0.486 e. The number of nitrogens with two attached hydrogens (primary N) is 1. The van der Waals surface area contributed by atoms with Gasteiger partial charge in [0.15, 0.2) is 5.82 Å². The van der Waals surface area contributed by atoms with Crippen LogP contribution < -0.4 is 10.6 Å². The van der Waals surface area contributed by atoms with E-state index in [2.05, 4.69) is 21.6 Å². The largest absolute Gasteiger partial charge is 0.486 e. The highest BCUT2D eigenvalue weighted by Gasteiger charge is 2.33. The molecular formula is C20H23N5O2S2. The van der Waals surface area contributed by atoms with Gasteiger partial charge in [-0.25, -0.2) is 4.68 Å². The number of para-hydroxylation sites is 1. The number of carbonyl (C=O) groups is 1. The molecule has 1 fully saturated rings. The molecule has 0 aliphatic carbocycles. The summed E-state index contributed by atoms with van der Waals surface area (Å²) in [4.78, 5) is 16.3. The molecule has 3 aromatic rings. The summed E-state index contributed by atoms with van der Waals surface area (Å²) in [6.07, 6.45) is 2.04. The second-order valence-corrected chi connectivity index (χ2v) is 9.12. The zero-order chi connectivity index (χ0) is 20.2. The Morgan fingerprint density at radius 3 is 2.90 bits per heavy atom. The van der Waals surface area contributed by atoms with Gasteiger partial charge in [0.2, 0.25) is 11.1 Å². The van der Waals surface area contributed by atoms with Crippen LogP contribution in [-0.4, -0.2) is 37.5 Å². The summed E-state index contributed by atoms with van der Waals surface area (Å²) in [7, 11) is 0. The smallest absolute Gasteiger partial charge is 0.236 e. The lowest BCUT2D eigenvalue weighted by atomic mass is 10.2. The standard InChI is InChI=1S/C20H23N5O2S2/c1-14(19(26)24-11-5-9-16(24)17-10-6-12-28-17)29-20-23-22-18(25(20)21)13-27-15-7-3-2-4-8-15/h2-4,6-8,10,12,14,16H,5,9,11,13,21H2,1H3. The number of likely N-dealkylation sites (tertiary alicyclic amines) is 1.